The molecule has 0 unspecified atom stereocenters. The van der Waals surface area contributed by atoms with Gasteiger partial charge in [0.05, 0.1) is 27.9 Å². The lowest BCUT2D eigenvalue weighted by atomic mass is 10.2. The van der Waals surface area contributed by atoms with Crippen molar-refractivity contribution < 1.29 is 23.6 Å². The number of nitro benzene ring substituents is 1. The van der Waals surface area contributed by atoms with Crippen molar-refractivity contribution in [2.75, 3.05) is 23.0 Å². The van der Waals surface area contributed by atoms with Crippen molar-refractivity contribution in [1.82, 2.24) is 4.98 Å². The number of nitro groups is 1. The molecule has 4 rings (SSSR count). The first kappa shape index (κ1) is 21.4. The molecule has 0 aliphatic carbocycles. The van der Waals surface area contributed by atoms with E-state index in [-0.39, 0.29) is 36.8 Å². The van der Waals surface area contributed by atoms with Crippen LogP contribution in [0.5, 0.6) is 5.75 Å². The first-order valence-electron chi connectivity index (χ1n) is 9.50. The van der Waals surface area contributed by atoms with Crippen molar-refractivity contribution >= 4 is 40.2 Å². The van der Waals surface area contributed by atoms with E-state index in [0.29, 0.717) is 11.4 Å². The van der Waals surface area contributed by atoms with Gasteiger partial charge in [0.15, 0.2) is 6.61 Å². The number of nitrogens with zero attached hydrogens (tertiary/aromatic N) is 4. The van der Waals surface area contributed by atoms with Gasteiger partial charge in [-0.1, -0.05) is 0 Å². The standard InChI is InChI=1S/C21H17FN4O5S/c1-13-23-15(12-32-13)9-24(16-4-2-14(22)3-5-16)20(27)10-25-18-8-17(26(29)30)6-7-19(18)31-11-21(25)28/h2-8,12H,9-11H2,1H3. The first-order valence-corrected chi connectivity index (χ1v) is 10.4. The zero-order valence-electron chi connectivity index (χ0n) is 16.9. The average Bonchev–Trinajstić information content (AvgIpc) is 3.19. The third-order valence-corrected chi connectivity index (χ3v) is 5.64. The van der Waals surface area contributed by atoms with Gasteiger partial charge in [0.1, 0.15) is 18.1 Å². The molecule has 3 aromatic rings. The summed E-state index contributed by atoms with van der Waals surface area (Å²) in [6, 6.07) is 9.27. The van der Waals surface area contributed by atoms with E-state index in [1.165, 1.54) is 58.7 Å². The second-order valence-corrected chi connectivity index (χ2v) is 8.05. The third-order valence-electron chi connectivity index (χ3n) is 4.82. The number of hydrogen-bond donors (Lipinski definition) is 0. The largest absolute Gasteiger partial charge is 0.482 e. The molecule has 2 heterocycles. The summed E-state index contributed by atoms with van der Waals surface area (Å²) < 4.78 is 18.8. The smallest absolute Gasteiger partial charge is 0.271 e. The fourth-order valence-electron chi connectivity index (χ4n) is 3.29. The molecular formula is C21H17FN4O5S. The number of carbonyl (C=O) groups excluding carboxylic acids is 2. The summed E-state index contributed by atoms with van der Waals surface area (Å²) in [5, 5.41) is 13.8. The molecular weight excluding hydrogens is 439 g/mol. The molecule has 1 aromatic heterocycles. The van der Waals surface area contributed by atoms with Gasteiger partial charge in [0.2, 0.25) is 5.91 Å². The third kappa shape index (κ3) is 4.42. The minimum atomic E-state index is -0.589. The Hall–Kier alpha value is -3.86. The van der Waals surface area contributed by atoms with Gasteiger partial charge < -0.3 is 9.64 Å². The van der Waals surface area contributed by atoms with Gasteiger partial charge in [-0.3, -0.25) is 24.6 Å². The molecule has 1 aliphatic heterocycles. The lowest BCUT2D eigenvalue weighted by Crippen LogP contribution is -2.46. The highest BCUT2D eigenvalue weighted by molar-refractivity contribution is 7.09. The first-order chi connectivity index (χ1) is 15.3. The summed E-state index contributed by atoms with van der Waals surface area (Å²) in [6.07, 6.45) is 0. The van der Waals surface area contributed by atoms with Gasteiger partial charge in [-0.25, -0.2) is 9.37 Å². The molecule has 0 saturated carbocycles. The average molecular weight is 456 g/mol. The Morgan fingerprint density at radius 2 is 2.06 bits per heavy atom. The van der Waals surface area contributed by atoms with Crippen molar-refractivity contribution in [3.63, 3.8) is 0 Å². The van der Waals surface area contributed by atoms with E-state index < -0.39 is 22.6 Å². The highest BCUT2D eigenvalue weighted by Gasteiger charge is 2.31. The Labute approximate surface area is 185 Å². The molecule has 1 aliphatic rings. The maximum atomic E-state index is 13.4. The minimum Gasteiger partial charge on any atom is -0.482 e. The number of thiazole rings is 1. The normalized spacial score (nSPS) is 12.8. The fraction of sp³-hybridized carbons (Fsp3) is 0.190. The number of ether oxygens (including phenoxy) is 1. The summed E-state index contributed by atoms with van der Waals surface area (Å²) >= 11 is 1.43. The molecule has 2 amide bonds. The number of fused-ring (bicyclic) bond motifs is 1. The predicted octanol–water partition coefficient (Wildman–Crippen LogP) is 3.46. The number of halogens is 1. The van der Waals surface area contributed by atoms with Crippen molar-refractivity contribution in [2.24, 2.45) is 0 Å². The van der Waals surface area contributed by atoms with Crippen molar-refractivity contribution in [3.8, 4) is 5.75 Å². The quantitative estimate of drug-likeness (QED) is 0.415. The van der Waals surface area contributed by atoms with Gasteiger partial charge in [-0.2, -0.15) is 0 Å². The van der Waals surface area contributed by atoms with E-state index in [2.05, 4.69) is 4.98 Å². The van der Waals surface area contributed by atoms with Crippen molar-refractivity contribution in [3.05, 3.63) is 74.5 Å². The Morgan fingerprint density at radius 1 is 1.31 bits per heavy atom. The van der Waals surface area contributed by atoms with Crippen molar-refractivity contribution in [2.45, 2.75) is 13.5 Å². The van der Waals surface area contributed by atoms with Gasteiger partial charge in [0.25, 0.3) is 11.6 Å². The molecule has 0 spiro atoms. The second kappa shape index (κ2) is 8.71. The molecule has 32 heavy (non-hydrogen) atoms. The number of rotatable bonds is 6. The molecule has 0 bridgehead atoms. The van der Waals surface area contributed by atoms with Crippen LogP contribution in [-0.4, -0.2) is 34.9 Å². The molecule has 9 nitrogen and oxygen atoms in total. The van der Waals surface area contributed by atoms with E-state index in [1.807, 2.05) is 12.3 Å². The van der Waals surface area contributed by atoms with E-state index in [4.69, 9.17) is 4.74 Å². The Balaban J connectivity index is 1.66. The van der Waals surface area contributed by atoms with Gasteiger partial charge in [-0.15, -0.1) is 11.3 Å². The van der Waals surface area contributed by atoms with Crippen LogP contribution in [0.15, 0.2) is 47.8 Å². The summed E-state index contributed by atoms with van der Waals surface area (Å²) in [5.41, 5.74) is 0.997. The van der Waals surface area contributed by atoms with Crippen LogP contribution in [-0.2, 0) is 16.1 Å². The molecule has 2 aromatic carbocycles. The number of aromatic nitrogens is 1. The van der Waals surface area contributed by atoms with E-state index >= 15 is 0 Å². The van der Waals surface area contributed by atoms with Crippen LogP contribution in [0, 0.1) is 22.9 Å². The van der Waals surface area contributed by atoms with Crippen LogP contribution in [0.25, 0.3) is 0 Å². The number of aryl methyl sites for hydroxylation is 1. The van der Waals surface area contributed by atoms with E-state index in [1.54, 1.807) is 0 Å². The number of non-ortho nitro benzene ring substituents is 1. The van der Waals surface area contributed by atoms with Gasteiger partial charge in [0, 0.05) is 23.2 Å². The van der Waals surface area contributed by atoms with Crippen LogP contribution in [0.4, 0.5) is 21.5 Å². The topological polar surface area (TPSA) is 106 Å². The van der Waals surface area contributed by atoms with Crippen LogP contribution < -0.4 is 14.5 Å². The van der Waals surface area contributed by atoms with E-state index in [0.717, 1.165) is 9.91 Å². The molecule has 0 atom stereocenters. The van der Waals surface area contributed by atoms with Crippen LogP contribution in [0.3, 0.4) is 0 Å². The van der Waals surface area contributed by atoms with Crippen molar-refractivity contribution in [1.29, 1.82) is 0 Å². The molecule has 0 N–H and O–H groups in total. The zero-order chi connectivity index (χ0) is 22.8. The van der Waals surface area contributed by atoms with E-state index in [9.17, 15) is 24.1 Å². The maximum absolute atomic E-state index is 13.4. The highest BCUT2D eigenvalue weighted by Crippen LogP contribution is 2.35. The number of anilines is 2. The summed E-state index contributed by atoms with van der Waals surface area (Å²) in [7, 11) is 0. The zero-order valence-corrected chi connectivity index (χ0v) is 17.7. The number of amides is 2. The highest BCUT2D eigenvalue weighted by atomic mass is 32.1. The lowest BCUT2D eigenvalue weighted by Gasteiger charge is -2.31. The Bertz CT molecular complexity index is 1200. The SMILES string of the molecule is Cc1nc(CN(C(=O)CN2C(=O)COc3ccc([N+](=O)[O-])cc32)c2ccc(F)cc2)cs1. The molecule has 0 radical (unpaired) electrons. The predicted molar refractivity (Wildman–Crippen MR) is 115 cm³/mol. The van der Waals surface area contributed by atoms with Crippen LogP contribution in [0.1, 0.15) is 10.7 Å². The molecule has 0 saturated heterocycles. The lowest BCUT2D eigenvalue weighted by molar-refractivity contribution is -0.384. The minimum absolute atomic E-state index is 0.120. The van der Waals surface area contributed by atoms with Crippen LogP contribution in [0.2, 0.25) is 0 Å². The van der Waals surface area contributed by atoms with Crippen LogP contribution >= 0.6 is 11.3 Å². The summed E-state index contributed by atoms with van der Waals surface area (Å²) in [6.45, 7) is 1.29. The number of hydrogen-bond acceptors (Lipinski definition) is 7. The molecule has 0 fully saturated rings. The summed E-state index contributed by atoms with van der Waals surface area (Å²) in [4.78, 5) is 43.4. The Morgan fingerprint density at radius 3 is 2.72 bits per heavy atom. The van der Waals surface area contributed by atoms with Gasteiger partial charge in [-0.05, 0) is 37.3 Å². The molecule has 11 heteroatoms. The number of benzene rings is 2. The Kier molecular flexibility index (Phi) is 5.82. The molecule has 164 valence electrons. The number of carbonyl (C=O) groups is 2. The maximum Gasteiger partial charge on any atom is 0.271 e. The van der Waals surface area contributed by atoms with Gasteiger partial charge >= 0.3 is 0 Å². The summed E-state index contributed by atoms with van der Waals surface area (Å²) in [5.74, 6) is -1.15. The monoisotopic (exact) mass is 456 g/mol. The second-order valence-electron chi connectivity index (χ2n) is 6.99. The fourth-order valence-corrected chi connectivity index (χ4v) is 3.89.